The third-order valence-electron chi connectivity index (χ3n) is 4.83. The molecule has 0 aliphatic carbocycles. The highest BCUT2D eigenvalue weighted by Gasteiger charge is 2.21. The summed E-state index contributed by atoms with van der Waals surface area (Å²) in [5.74, 6) is 0.169. The van der Waals surface area contributed by atoms with Crippen LogP contribution in [0.4, 0.5) is 11.4 Å². The predicted octanol–water partition coefficient (Wildman–Crippen LogP) is 4.06. The molecule has 1 saturated heterocycles. The second-order valence-electron chi connectivity index (χ2n) is 6.86. The topological polar surface area (TPSA) is 64.9 Å². The number of nitrogens with zero attached hydrogens (tertiary/aromatic N) is 3. The van der Waals surface area contributed by atoms with E-state index in [1.54, 1.807) is 6.33 Å². The monoisotopic (exact) mass is 428 g/mol. The molecule has 1 aliphatic rings. The highest BCUT2D eigenvalue weighted by atomic mass is 35.5. The van der Waals surface area contributed by atoms with Gasteiger partial charge in [-0.05, 0) is 60.3 Å². The van der Waals surface area contributed by atoms with Crippen molar-refractivity contribution >= 4 is 40.6 Å². The summed E-state index contributed by atoms with van der Waals surface area (Å²) in [5, 5.41) is 7.52. The second kappa shape index (κ2) is 9.33. The van der Waals surface area contributed by atoms with Crippen LogP contribution in [0.5, 0.6) is 0 Å². The normalized spacial score (nSPS) is 14.0. The fourth-order valence-electron chi connectivity index (χ4n) is 3.49. The first kappa shape index (κ1) is 19.8. The third-order valence-corrected chi connectivity index (χ3v) is 6.09. The molecular formula is C21H23ClN5OS+. The molecule has 6 nitrogen and oxygen atoms in total. The minimum Gasteiger partial charge on any atom is -0.369 e. The van der Waals surface area contributed by atoms with Gasteiger partial charge < -0.3 is 10.2 Å². The van der Waals surface area contributed by atoms with E-state index in [1.165, 1.54) is 18.2 Å². The number of aromatic nitrogens is 3. The van der Waals surface area contributed by atoms with Crippen molar-refractivity contribution < 1.29 is 9.48 Å². The van der Waals surface area contributed by atoms with Crippen molar-refractivity contribution in [1.29, 1.82) is 0 Å². The molecule has 1 amide bonds. The first-order valence-electron chi connectivity index (χ1n) is 9.69. The van der Waals surface area contributed by atoms with Crippen molar-refractivity contribution in [3.63, 3.8) is 0 Å². The van der Waals surface area contributed by atoms with Crippen LogP contribution >= 0.6 is 23.4 Å². The zero-order valence-corrected chi connectivity index (χ0v) is 17.5. The van der Waals surface area contributed by atoms with Gasteiger partial charge in [0.25, 0.3) is 0 Å². The molecule has 29 heavy (non-hydrogen) atoms. The average molecular weight is 429 g/mol. The Labute approximate surface area is 179 Å². The van der Waals surface area contributed by atoms with Crippen LogP contribution < -0.4 is 14.9 Å². The van der Waals surface area contributed by atoms with E-state index >= 15 is 0 Å². The van der Waals surface area contributed by atoms with E-state index in [0.29, 0.717) is 5.02 Å². The summed E-state index contributed by atoms with van der Waals surface area (Å²) in [5.41, 5.74) is 2.66. The van der Waals surface area contributed by atoms with E-state index in [1.807, 2.05) is 53.2 Å². The number of nitrogens with one attached hydrogen (secondary N) is 2. The van der Waals surface area contributed by atoms with Gasteiger partial charge in [0.1, 0.15) is 0 Å². The van der Waals surface area contributed by atoms with Gasteiger partial charge in [-0.2, -0.15) is 5.10 Å². The molecule has 0 radical (unpaired) electrons. The molecule has 0 saturated carbocycles. The van der Waals surface area contributed by atoms with Gasteiger partial charge in [0, 0.05) is 13.1 Å². The molecule has 0 unspecified atom stereocenters. The quantitative estimate of drug-likeness (QED) is 0.459. The number of amides is 1. The summed E-state index contributed by atoms with van der Waals surface area (Å²) in [6.45, 7) is 1.93. The highest BCUT2D eigenvalue weighted by Crippen LogP contribution is 2.35. The Bertz CT molecular complexity index is 972. The number of para-hydroxylation sites is 2. The number of carbonyl (C=O) groups excluding carboxylic acids is 1. The number of aromatic amines is 1. The number of halogens is 1. The number of rotatable bonds is 6. The third kappa shape index (κ3) is 4.74. The standard InChI is InChI=1S/C21H22ClN5OS/c22-17-10-7-11-18(20(17)26-12-5-2-6-13-26)25-19(28)14-29-21-23-15-24-27(21)16-8-3-1-4-9-16/h1,3-4,7-11,15H,2,5-6,12-14H2,(H,25,28)/p+1. The van der Waals surface area contributed by atoms with Crippen molar-refractivity contribution in [2.24, 2.45) is 0 Å². The molecule has 1 fully saturated rings. The molecule has 2 aromatic carbocycles. The zero-order valence-electron chi connectivity index (χ0n) is 16.0. The highest BCUT2D eigenvalue weighted by molar-refractivity contribution is 7.99. The molecule has 150 valence electrons. The van der Waals surface area contributed by atoms with E-state index in [4.69, 9.17) is 11.6 Å². The van der Waals surface area contributed by atoms with E-state index in [9.17, 15) is 4.79 Å². The molecule has 1 aromatic heterocycles. The van der Waals surface area contributed by atoms with Gasteiger partial charge in [-0.25, -0.2) is 0 Å². The summed E-state index contributed by atoms with van der Waals surface area (Å²) in [7, 11) is 0. The molecule has 0 spiro atoms. The maximum absolute atomic E-state index is 12.7. The van der Waals surface area contributed by atoms with Crippen LogP contribution in [0.15, 0.2) is 60.0 Å². The van der Waals surface area contributed by atoms with Crippen molar-refractivity contribution in [1.82, 2.24) is 10.1 Å². The minimum absolute atomic E-state index is 0.0851. The number of thioether (sulfide) groups is 1. The van der Waals surface area contributed by atoms with Gasteiger partial charge in [-0.3, -0.25) is 4.79 Å². The van der Waals surface area contributed by atoms with Crippen molar-refractivity contribution in [3.05, 3.63) is 59.9 Å². The van der Waals surface area contributed by atoms with Crippen LogP contribution in [-0.4, -0.2) is 34.8 Å². The van der Waals surface area contributed by atoms with Crippen LogP contribution in [-0.2, 0) is 4.79 Å². The maximum Gasteiger partial charge on any atom is 0.385 e. The molecule has 4 rings (SSSR count). The Hall–Kier alpha value is -2.51. The van der Waals surface area contributed by atoms with Crippen LogP contribution in [0.2, 0.25) is 5.02 Å². The summed E-state index contributed by atoms with van der Waals surface area (Å²) < 4.78 is 1.86. The molecule has 0 atom stereocenters. The number of H-pyrrole nitrogens is 1. The lowest BCUT2D eigenvalue weighted by Crippen LogP contribution is -2.35. The lowest BCUT2D eigenvalue weighted by molar-refractivity contribution is -0.694. The number of hydrogen-bond donors (Lipinski definition) is 2. The van der Waals surface area contributed by atoms with Crippen molar-refractivity contribution in [2.75, 3.05) is 29.1 Å². The maximum atomic E-state index is 12.7. The summed E-state index contributed by atoms with van der Waals surface area (Å²) >= 11 is 7.86. The SMILES string of the molecule is O=C(CSc1nc[nH][n+]1-c1ccccc1)Nc1cccc(Cl)c1N1CCCCC1. The summed E-state index contributed by atoms with van der Waals surface area (Å²) in [4.78, 5) is 19.3. The van der Waals surface area contributed by atoms with Gasteiger partial charge in [-0.1, -0.05) is 35.9 Å². The molecule has 0 bridgehead atoms. The largest absolute Gasteiger partial charge is 0.385 e. The number of anilines is 2. The van der Waals surface area contributed by atoms with Crippen LogP contribution in [0, 0.1) is 0 Å². The Kier molecular flexibility index (Phi) is 6.36. The molecule has 8 heteroatoms. The Morgan fingerprint density at radius 3 is 2.72 bits per heavy atom. The van der Waals surface area contributed by atoms with Crippen LogP contribution in [0.25, 0.3) is 5.69 Å². The fraction of sp³-hybridized carbons (Fsp3) is 0.286. The average Bonchev–Trinajstić information content (AvgIpc) is 3.22. The molecule has 2 heterocycles. The first-order valence-corrected chi connectivity index (χ1v) is 11.1. The van der Waals surface area contributed by atoms with Gasteiger partial charge >= 0.3 is 5.16 Å². The van der Waals surface area contributed by atoms with Gasteiger partial charge in [0.05, 0.1) is 22.2 Å². The van der Waals surface area contributed by atoms with Gasteiger partial charge in [0.15, 0.2) is 5.69 Å². The van der Waals surface area contributed by atoms with Crippen molar-refractivity contribution in [3.8, 4) is 5.69 Å². The van der Waals surface area contributed by atoms with Crippen LogP contribution in [0.1, 0.15) is 19.3 Å². The smallest absolute Gasteiger partial charge is 0.369 e. The summed E-state index contributed by atoms with van der Waals surface area (Å²) in [6, 6.07) is 15.5. The van der Waals surface area contributed by atoms with E-state index < -0.39 is 0 Å². The van der Waals surface area contributed by atoms with Crippen molar-refractivity contribution in [2.45, 2.75) is 24.4 Å². The molecule has 1 aliphatic heterocycles. The van der Waals surface area contributed by atoms with Crippen LogP contribution in [0.3, 0.4) is 0 Å². The fourth-order valence-corrected chi connectivity index (χ4v) is 4.53. The van der Waals surface area contributed by atoms with E-state index in [0.717, 1.165) is 48.1 Å². The van der Waals surface area contributed by atoms with E-state index in [-0.39, 0.29) is 11.7 Å². The lowest BCUT2D eigenvalue weighted by atomic mass is 10.1. The van der Waals surface area contributed by atoms with Gasteiger partial charge in [-0.15, -0.1) is 4.68 Å². The zero-order chi connectivity index (χ0) is 20.1. The Morgan fingerprint density at radius 1 is 1.14 bits per heavy atom. The Morgan fingerprint density at radius 2 is 1.93 bits per heavy atom. The van der Waals surface area contributed by atoms with Gasteiger partial charge in [0.2, 0.25) is 12.2 Å². The Balaban J connectivity index is 1.44. The lowest BCUT2D eigenvalue weighted by Gasteiger charge is -2.31. The number of piperidine rings is 1. The number of benzene rings is 2. The molecule has 3 aromatic rings. The summed E-state index contributed by atoms with van der Waals surface area (Å²) in [6.07, 6.45) is 5.16. The number of hydrogen-bond acceptors (Lipinski definition) is 4. The second-order valence-corrected chi connectivity index (χ2v) is 8.21. The minimum atomic E-state index is -0.0851. The molecular weight excluding hydrogens is 406 g/mol. The van der Waals surface area contributed by atoms with E-state index in [2.05, 4.69) is 20.3 Å². The number of carbonyl (C=O) groups is 1. The first-order chi connectivity index (χ1) is 14.2. The predicted molar refractivity (Wildman–Crippen MR) is 117 cm³/mol. The molecule has 2 N–H and O–H groups in total.